The fourth-order valence-electron chi connectivity index (χ4n) is 1.54. The number of quaternary nitrogens is 1. The van der Waals surface area contributed by atoms with Gasteiger partial charge in [0, 0.05) is 0 Å². The second kappa shape index (κ2) is 11.5. The molecule has 0 aliphatic rings. The van der Waals surface area contributed by atoms with Crippen LogP contribution in [0.1, 0.15) is 0 Å². The first-order valence-corrected chi connectivity index (χ1v) is 5.25. The van der Waals surface area contributed by atoms with Crippen molar-refractivity contribution >= 4 is 7.85 Å². The first kappa shape index (κ1) is 16.9. The number of hydrogen-bond donors (Lipinski definition) is 0. The summed E-state index contributed by atoms with van der Waals surface area (Å²) in [5.41, 5.74) is 0. The maximum Gasteiger partial charge on any atom is 0.232 e. The van der Waals surface area contributed by atoms with Crippen LogP contribution in [0.4, 0.5) is 0 Å². The fraction of sp³-hybridized carbons (Fsp3) is 0.308. The average Bonchev–Trinajstić information content (AvgIpc) is 2.20. The summed E-state index contributed by atoms with van der Waals surface area (Å²) in [6.45, 7) is 18.8. The monoisotopic (exact) mass is 217 g/mol. The average molecular weight is 217 g/mol. The summed E-state index contributed by atoms with van der Waals surface area (Å²) in [6.07, 6.45) is 7.76. The molecule has 0 spiro atoms. The maximum atomic E-state index is 7.32. The van der Waals surface area contributed by atoms with E-state index in [9.17, 15) is 0 Å². The van der Waals surface area contributed by atoms with Crippen molar-refractivity contribution < 1.29 is 4.48 Å². The standard InChI is InChI=1S/C12H20N.CH2BN/c1-5-9-13(10-6-2,11-7-3)12-8-4;2-1-3/h5-8H,1-4,9-12H2;2H2/q+1;. The second-order valence-corrected chi connectivity index (χ2v) is 3.45. The number of nitrogens with zero attached hydrogens (tertiary/aromatic N) is 2. The van der Waals surface area contributed by atoms with Crippen LogP contribution in [-0.2, 0) is 0 Å². The molecule has 0 aromatic heterocycles. The van der Waals surface area contributed by atoms with Gasteiger partial charge >= 0.3 is 0 Å². The van der Waals surface area contributed by atoms with Crippen molar-refractivity contribution in [2.45, 2.75) is 0 Å². The Morgan fingerprint density at radius 1 is 0.875 bits per heavy atom. The molecule has 3 heteroatoms. The highest BCUT2D eigenvalue weighted by molar-refractivity contribution is 6.20. The van der Waals surface area contributed by atoms with Crippen molar-refractivity contribution in [3.8, 4) is 5.97 Å². The van der Waals surface area contributed by atoms with Crippen LogP contribution in [0.2, 0.25) is 0 Å². The molecule has 86 valence electrons. The molecule has 0 aliphatic heterocycles. The molecule has 0 unspecified atom stereocenters. The Labute approximate surface area is 101 Å². The molecule has 0 aromatic carbocycles. The minimum Gasteiger partial charge on any atom is -0.311 e. The minimum atomic E-state index is 0.903. The van der Waals surface area contributed by atoms with Gasteiger partial charge in [0.1, 0.15) is 0 Å². The van der Waals surface area contributed by atoms with E-state index in [0.29, 0.717) is 0 Å². The lowest BCUT2D eigenvalue weighted by Gasteiger charge is -2.35. The van der Waals surface area contributed by atoms with Crippen LogP contribution in [0.5, 0.6) is 0 Å². The van der Waals surface area contributed by atoms with Crippen molar-refractivity contribution in [1.82, 2.24) is 0 Å². The zero-order valence-electron chi connectivity index (χ0n) is 10.4. The van der Waals surface area contributed by atoms with Crippen molar-refractivity contribution in [1.29, 1.82) is 5.26 Å². The lowest BCUT2D eigenvalue weighted by Crippen LogP contribution is -2.48. The van der Waals surface area contributed by atoms with E-state index < -0.39 is 0 Å². The Hall–Kier alpha value is -1.53. The summed E-state index contributed by atoms with van der Waals surface area (Å²) in [5.74, 6) is 1.75. The predicted octanol–water partition coefficient (Wildman–Crippen LogP) is 1.65. The van der Waals surface area contributed by atoms with E-state index in [-0.39, 0.29) is 0 Å². The van der Waals surface area contributed by atoms with Gasteiger partial charge < -0.3 is 4.48 Å². The first-order valence-electron chi connectivity index (χ1n) is 5.25. The molecule has 0 heterocycles. The lowest BCUT2D eigenvalue weighted by atomic mass is 10.2. The maximum absolute atomic E-state index is 7.32. The molecule has 16 heavy (non-hydrogen) atoms. The Kier molecular flexibility index (Phi) is 12.2. The smallest absolute Gasteiger partial charge is 0.232 e. The molecule has 0 radical (unpaired) electrons. The lowest BCUT2D eigenvalue weighted by molar-refractivity contribution is -0.906. The zero-order chi connectivity index (χ0) is 12.9. The van der Waals surface area contributed by atoms with Gasteiger partial charge in [-0.25, -0.2) is 5.26 Å². The van der Waals surface area contributed by atoms with Crippen LogP contribution in [0.25, 0.3) is 0 Å². The quantitative estimate of drug-likeness (QED) is 0.344. The summed E-state index contributed by atoms with van der Waals surface area (Å²) in [6, 6.07) is 0. The highest BCUT2D eigenvalue weighted by atomic mass is 15.3. The second-order valence-electron chi connectivity index (χ2n) is 3.45. The van der Waals surface area contributed by atoms with Gasteiger partial charge in [-0.3, -0.25) is 0 Å². The fourth-order valence-corrected chi connectivity index (χ4v) is 1.54. The van der Waals surface area contributed by atoms with Crippen LogP contribution in [0.15, 0.2) is 50.6 Å². The van der Waals surface area contributed by atoms with Crippen molar-refractivity contribution in [2.75, 3.05) is 26.2 Å². The molecule has 0 aromatic rings. The Bertz CT molecular complexity index is 218. The van der Waals surface area contributed by atoms with Crippen molar-refractivity contribution in [2.24, 2.45) is 0 Å². The van der Waals surface area contributed by atoms with Crippen LogP contribution in [0.3, 0.4) is 0 Å². The molecule has 0 saturated carbocycles. The molecule has 0 atom stereocenters. The summed E-state index contributed by atoms with van der Waals surface area (Å²) in [5, 5.41) is 7.32. The van der Waals surface area contributed by atoms with E-state index in [2.05, 4.69) is 26.3 Å². The third kappa shape index (κ3) is 7.84. The topological polar surface area (TPSA) is 23.8 Å². The summed E-state index contributed by atoms with van der Waals surface area (Å²) in [7, 11) is 1.43. The van der Waals surface area contributed by atoms with Crippen LogP contribution in [-0.4, -0.2) is 38.5 Å². The van der Waals surface area contributed by atoms with Gasteiger partial charge in [-0.15, -0.1) is 0 Å². The Morgan fingerprint density at radius 3 is 1.19 bits per heavy atom. The number of hydrogen-bond acceptors (Lipinski definition) is 1. The van der Waals surface area contributed by atoms with Gasteiger partial charge in [-0.2, -0.15) is 0 Å². The van der Waals surface area contributed by atoms with E-state index >= 15 is 0 Å². The molecule has 0 bridgehead atoms. The molecular formula is C13H22BN2+. The van der Waals surface area contributed by atoms with Crippen molar-refractivity contribution in [3.63, 3.8) is 0 Å². The summed E-state index contributed by atoms with van der Waals surface area (Å²) < 4.78 is 0.903. The molecular weight excluding hydrogens is 195 g/mol. The van der Waals surface area contributed by atoms with E-state index in [0.717, 1.165) is 30.7 Å². The molecule has 0 saturated heterocycles. The molecule has 2 nitrogen and oxygen atoms in total. The summed E-state index contributed by atoms with van der Waals surface area (Å²) in [4.78, 5) is 0. The van der Waals surface area contributed by atoms with Crippen molar-refractivity contribution in [3.05, 3.63) is 50.6 Å². The molecule has 0 N–H and O–H groups in total. The van der Waals surface area contributed by atoms with Gasteiger partial charge in [0.2, 0.25) is 7.85 Å². The van der Waals surface area contributed by atoms with E-state index in [1.54, 1.807) is 5.97 Å². The van der Waals surface area contributed by atoms with Gasteiger partial charge in [-0.05, 0) is 30.3 Å². The molecule has 0 fully saturated rings. The SMILES string of the molecule is BC#N.C=CC[N+](CC=C)(CC=C)CC=C. The third-order valence-electron chi connectivity index (χ3n) is 2.07. The molecule has 0 amide bonds. The highest BCUT2D eigenvalue weighted by Gasteiger charge is 2.20. The van der Waals surface area contributed by atoms with Crippen LogP contribution < -0.4 is 0 Å². The molecule has 0 rings (SSSR count). The van der Waals surface area contributed by atoms with E-state index in [4.69, 9.17) is 5.26 Å². The summed E-state index contributed by atoms with van der Waals surface area (Å²) >= 11 is 0. The highest BCUT2D eigenvalue weighted by Crippen LogP contribution is 2.07. The van der Waals surface area contributed by atoms with Gasteiger partial charge in [-0.1, -0.05) is 26.3 Å². The Balaban J connectivity index is 0. The Morgan fingerprint density at radius 2 is 1.06 bits per heavy atom. The number of nitriles is 1. The molecule has 0 aliphatic carbocycles. The van der Waals surface area contributed by atoms with Gasteiger partial charge in [0.05, 0.1) is 26.2 Å². The number of rotatable bonds is 8. The first-order chi connectivity index (χ1) is 7.66. The minimum absolute atomic E-state index is 0.903. The van der Waals surface area contributed by atoms with E-state index in [1.165, 1.54) is 7.85 Å². The largest absolute Gasteiger partial charge is 0.311 e. The zero-order valence-corrected chi connectivity index (χ0v) is 10.4. The predicted molar refractivity (Wildman–Crippen MR) is 74.7 cm³/mol. The van der Waals surface area contributed by atoms with Gasteiger partial charge in [0.25, 0.3) is 0 Å². The van der Waals surface area contributed by atoms with E-state index in [1.807, 2.05) is 24.3 Å². The van der Waals surface area contributed by atoms with Crippen LogP contribution >= 0.6 is 0 Å². The van der Waals surface area contributed by atoms with Crippen LogP contribution in [0, 0.1) is 11.2 Å². The normalized spacial score (nSPS) is 8.94. The third-order valence-corrected chi connectivity index (χ3v) is 2.07. The van der Waals surface area contributed by atoms with Gasteiger partial charge in [0.15, 0.2) is 0 Å².